The largest absolute Gasteiger partial charge is 0.367 e. The van der Waals surface area contributed by atoms with Crippen molar-refractivity contribution in [3.8, 4) is 0 Å². The number of amides is 1. The molecule has 1 unspecified atom stereocenters. The average molecular weight is 439 g/mol. The van der Waals surface area contributed by atoms with E-state index in [2.05, 4.69) is 50.9 Å². The molecule has 0 radical (unpaired) electrons. The van der Waals surface area contributed by atoms with Crippen molar-refractivity contribution in [2.75, 3.05) is 29.9 Å². The zero-order chi connectivity index (χ0) is 22.8. The van der Waals surface area contributed by atoms with Crippen LogP contribution < -0.4 is 15.5 Å². The van der Waals surface area contributed by atoms with E-state index in [9.17, 15) is 13.6 Å². The number of fused-ring (bicyclic) bond motifs is 1. The summed E-state index contributed by atoms with van der Waals surface area (Å²) in [6.07, 6.45) is 2.83. The molecular weight excluding hydrogens is 416 g/mol. The highest BCUT2D eigenvalue weighted by molar-refractivity contribution is 6.10. The van der Waals surface area contributed by atoms with Crippen molar-refractivity contribution in [3.05, 3.63) is 47.7 Å². The number of aliphatic imine (C=N–C) groups is 2. The van der Waals surface area contributed by atoms with Crippen molar-refractivity contribution in [1.29, 1.82) is 0 Å². The van der Waals surface area contributed by atoms with E-state index in [1.165, 1.54) is 16.8 Å². The molecule has 4 rings (SSSR count). The summed E-state index contributed by atoms with van der Waals surface area (Å²) in [6, 6.07) is 4.88. The van der Waals surface area contributed by atoms with Gasteiger partial charge >= 0.3 is 0 Å². The zero-order valence-electron chi connectivity index (χ0n) is 17.6. The normalized spacial score (nSPS) is 16.2. The highest BCUT2D eigenvalue weighted by atomic mass is 19.1. The molecule has 2 N–H and O–H groups in total. The molecule has 32 heavy (non-hydrogen) atoms. The summed E-state index contributed by atoms with van der Waals surface area (Å²) in [4.78, 5) is 27.2. The van der Waals surface area contributed by atoms with Crippen LogP contribution in [0.1, 0.15) is 23.0 Å². The van der Waals surface area contributed by atoms with E-state index in [0.29, 0.717) is 17.4 Å². The predicted molar refractivity (Wildman–Crippen MR) is 122 cm³/mol. The maximum atomic E-state index is 14.4. The van der Waals surface area contributed by atoms with Crippen LogP contribution in [0.15, 0.2) is 40.6 Å². The summed E-state index contributed by atoms with van der Waals surface area (Å²) >= 11 is 0. The number of aromatic nitrogens is 2. The van der Waals surface area contributed by atoms with Gasteiger partial charge in [0, 0.05) is 44.1 Å². The van der Waals surface area contributed by atoms with Crippen LogP contribution in [0.4, 0.5) is 31.5 Å². The third kappa shape index (κ3) is 3.96. The predicted octanol–water partition coefficient (Wildman–Crippen LogP) is 3.66. The number of nitrogens with one attached hydrogen (secondary N) is 2. The van der Waals surface area contributed by atoms with E-state index in [1.807, 2.05) is 0 Å². The average Bonchev–Trinajstić information content (AvgIpc) is 3.21. The molecule has 0 bridgehead atoms. The van der Waals surface area contributed by atoms with Gasteiger partial charge in [0.1, 0.15) is 18.0 Å². The summed E-state index contributed by atoms with van der Waals surface area (Å²) in [5.74, 6) is -1.19. The van der Waals surface area contributed by atoms with Crippen LogP contribution in [0.25, 0.3) is 5.65 Å². The number of pyridine rings is 1. The number of halogens is 2. The van der Waals surface area contributed by atoms with Gasteiger partial charge in [0.2, 0.25) is 0 Å². The number of carbonyl (C=O) groups is 1. The van der Waals surface area contributed by atoms with Crippen LogP contribution in [0.5, 0.6) is 0 Å². The minimum Gasteiger partial charge on any atom is -0.367 e. The quantitative estimate of drug-likeness (QED) is 0.574. The van der Waals surface area contributed by atoms with Gasteiger partial charge in [0.05, 0.1) is 22.6 Å². The Hall–Kier alpha value is -3.66. The molecule has 2 aromatic heterocycles. The molecule has 10 heteroatoms. The number of rotatable bonds is 6. The maximum absolute atomic E-state index is 14.4. The number of carbonyl (C=O) groups excluding carboxylic acids is 1. The fraction of sp³-hybridized carbons (Fsp3) is 0.273. The summed E-state index contributed by atoms with van der Waals surface area (Å²) in [6.45, 7) is 10.9. The Balaban J connectivity index is 1.67. The van der Waals surface area contributed by atoms with Gasteiger partial charge < -0.3 is 19.9 Å². The third-order valence-corrected chi connectivity index (χ3v) is 5.35. The number of hydrogen-bond donors (Lipinski definition) is 2. The second-order valence-electron chi connectivity index (χ2n) is 7.57. The molecule has 0 aliphatic carbocycles. The van der Waals surface area contributed by atoms with Gasteiger partial charge in [-0.25, -0.2) is 13.8 Å². The lowest BCUT2D eigenvalue weighted by atomic mass is 10.1. The number of anilines is 2. The molecule has 1 fully saturated rings. The van der Waals surface area contributed by atoms with Crippen LogP contribution in [-0.4, -0.2) is 54.4 Å². The van der Waals surface area contributed by atoms with Gasteiger partial charge in [-0.1, -0.05) is 0 Å². The van der Waals surface area contributed by atoms with Crippen LogP contribution in [0, 0.1) is 5.82 Å². The molecule has 1 aliphatic heterocycles. The van der Waals surface area contributed by atoms with Crippen molar-refractivity contribution in [2.24, 2.45) is 9.98 Å². The Morgan fingerprint density at radius 2 is 2.09 bits per heavy atom. The van der Waals surface area contributed by atoms with Gasteiger partial charge in [-0.15, -0.1) is 0 Å². The Morgan fingerprint density at radius 1 is 1.31 bits per heavy atom. The van der Waals surface area contributed by atoms with Crippen LogP contribution >= 0.6 is 0 Å². The van der Waals surface area contributed by atoms with Gasteiger partial charge in [-0.2, -0.15) is 0 Å². The zero-order valence-corrected chi connectivity index (χ0v) is 17.6. The number of piperazine rings is 1. The van der Waals surface area contributed by atoms with E-state index in [0.717, 1.165) is 31.4 Å². The number of benzene rings is 1. The minimum absolute atomic E-state index is 0.0168. The van der Waals surface area contributed by atoms with Crippen molar-refractivity contribution in [3.63, 3.8) is 0 Å². The van der Waals surface area contributed by atoms with Crippen LogP contribution in [0.3, 0.4) is 0 Å². The van der Waals surface area contributed by atoms with Crippen LogP contribution in [-0.2, 0) is 6.67 Å². The molecule has 1 atom stereocenters. The number of imidazole rings is 1. The van der Waals surface area contributed by atoms with Crippen molar-refractivity contribution in [2.45, 2.75) is 19.6 Å². The molecule has 166 valence electrons. The number of alkyl halides is 1. The Bertz CT molecular complexity index is 1210. The molecule has 3 heterocycles. The van der Waals surface area contributed by atoms with Gasteiger partial charge in [0.15, 0.2) is 11.5 Å². The first-order chi connectivity index (χ1) is 15.4. The van der Waals surface area contributed by atoms with E-state index >= 15 is 0 Å². The van der Waals surface area contributed by atoms with E-state index in [-0.39, 0.29) is 22.6 Å². The highest BCUT2D eigenvalue weighted by Gasteiger charge is 2.23. The van der Waals surface area contributed by atoms with Gasteiger partial charge in [-0.3, -0.25) is 14.8 Å². The Labute approximate surface area is 183 Å². The molecule has 0 saturated carbocycles. The van der Waals surface area contributed by atoms with E-state index < -0.39 is 18.4 Å². The highest BCUT2D eigenvalue weighted by Crippen LogP contribution is 2.41. The molecule has 3 aromatic rings. The van der Waals surface area contributed by atoms with Gasteiger partial charge in [0.25, 0.3) is 5.91 Å². The lowest BCUT2D eigenvalue weighted by molar-refractivity contribution is 0.102. The fourth-order valence-corrected chi connectivity index (χ4v) is 3.91. The minimum atomic E-state index is -0.813. The van der Waals surface area contributed by atoms with Crippen molar-refractivity contribution < 1.29 is 13.6 Å². The Kier molecular flexibility index (Phi) is 5.95. The fourth-order valence-electron chi connectivity index (χ4n) is 3.91. The van der Waals surface area contributed by atoms with Gasteiger partial charge in [-0.05, 0) is 32.5 Å². The van der Waals surface area contributed by atoms with E-state index in [1.54, 1.807) is 12.1 Å². The SMILES string of the molecule is C=Nc1c(C(=O)Nc2cc(F)c3nc(CF)cn3c2)ccc(N2CCNC(C)C2)c1N=C. The first-order valence-electron chi connectivity index (χ1n) is 10.1. The molecule has 1 aromatic carbocycles. The Morgan fingerprint density at radius 3 is 2.78 bits per heavy atom. The van der Waals surface area contributed by atoms with Crippen molar-refractivity contribution in [1.82, 2.24) is 14.7 Å². The number of hydrogen-bond acceptors (Lipinski definition) is 6. The van der Waals surface area contributed by atoms with E-state index in [4.69, 9.17) is 0 Å². The van der Waals surface area contributed by atoms with Crippen molar-refractivity contribution >= 4 is 47.7 Å². The standard InChI is InChI=1S/C22H23F2N7O/c1-13-10-30(7-6-27-13)18-5-4-16(19(25-2)20(18)26-3)22(32)29-14-8-17(24)21-28-15(9-23)12-31(21)11-14/h4-5,8,11-13,27H,2-3,6-7,9-10H2,1H3,(H,29,32). The molecule has 0 spiro atoms. The summed E-state index contributed by atoms with van der Waals surface area (Å²) < 4.78 is 28.6. The molecule has 1 saturated heterocycles. The molecule has 8 nitrogen and oxygen atoms in total. The maximum Gasteiger partial charge on any atom is 0.257 e. The second-order valence-corrected chi connectivity index (χ2v) is 7.57. The first-order valence-corrected chi connectivity index (χ1v) is 10.1. The smallest absolute Gasteiger partial charge is 0.257 e. The topological polar surface area (TPSA) is 86.4 Å². The molecule has 1 aliphatic rings. The van der Waals surface area contributed by atoms with Crippen LogP contribution in [0.2, 0.25) is 0 Å². The number of nitrogens with zero attached hydrogens (tertiary/aromatic N) is 5. The summed E-state index contributed by atoms with van der Waals surface area (Å²) in [5.41, 5.74) is 2.07. The molecular formula is C22H23F2N7O. The second kappa shape index (κ2) is 8.83. The first kappa shape index (κ1) is 21.6. The lowest BCUT2D eigenvalue weighted by Crippen LogP contribution is -2.49. The summed E-state index contributed by atoms with van der Waals surface area (Å²) in [5, 5.41) is 6.04. The summed E-state index contributed by atoms with van der Waals surface area (Å²) in [7, 11) is 0. The monoisotopic (exact) mass is 439 g/mol. The molecule has 1 amide bonds. The lowest BCUT2D eigenvalue weighted by Gasteiger charge is -2.34. The third-order valence-electron chi connectivity index (χ3n) is 5.35.